The Hall–Kier alpha value is -3.34. The highest BCUT2D eigenvalue weighted by Gasteiger charge is 2.58. The van der Waals surface area contributed by atoms with E-state index >= 15 is 0 Å². The van der Waals surface area contributed by atoms with Gasteiger partial charge >= 0.3 is 0 Å². The van der Waals surface area contributed by atoms with E-state index in [-0.39, 0.29) is 11.6 Å². The minimum absolute atomic E-state index is 0.127. The first-order valence-corrected chi connectivity index (χ1v) is 10.7. The lowest BCUT2D eigenvalue weighted by molar-refractivity contribution is -0.897. The predicted molar refractivity (Wildman–Crippen MR) is 115 cm³/mol. The smallest absolute Gasteiger partial charge is 0.189 e. The van der Waals surface area contributed by atoms with Crippen LogP contribution in [0.1, 0.15) is 31.7 Å². The van der Waals surface area contributed by atoms with Gasteiger partial charge in [0, 0.05) is 11.8 Å². The summed E-state index contributed by atoms with van der Waals surface area (Å²) in [5.74, 6) is -0.456. The maximum absolute atomic E-state index is 10.2. The molecule has 160 valence electrons. The van der Waals surface area contributed by atoms with Crippen LogP contribution >= 0.6 is 0 Å². The highest BCUT2D eigenvalue weighted by atomic mass is 16.5. The summed E-state index contributed by atoms with van der Waals surface area (Å²) >= 11 is 0. The molecule has 0 radical (unpaired) electrons. The summed E-state index contributed by atoms with van der Waals surface area (Å²) in [6, 6.07) is 11.9. The normalized spacial score (nSPS) is 26.5. The number of rotatable bonds is 6. The Morgan fingerprint density at radius 3 is 2.52 bits per heavy atom. The average Bonchev–Trinajstić information content (AvgIpc) is 2.81. The largest absolute Gasteiger partial charge is 0.493 e. The van der Waals surface area contributed by atoms with Gasteiger partial charge in [0.15, 0.2) is 16.9 Å². The van der Waals surface area contributed by atoms with Gasteiger partial charge in [-0.3, -0.25) is 0 Å². The predicted octanol–water partition coefficient (Wildman–Crippen LogP) is 2.24. The molecule has 0 amide bonds. The molecule has 0 aromatic heterocycles. The third-order valence-electron chi connectivity index (χ3n) is 6.47. The quantitative estimate of drug-likeness (QED) is 0.687. The minimum Gasteiger partial charge on any atom is -0.493 e. The molecule has 4 atom stereocenters. The first kappa shape index (κ1) is 22.3. The molecule has 1 aliphatic carbocycles. The van der Waals surface area contributed by atoms with Gasteiger partial charge in [-0.25, -0.2) is 0 Å². The molecule has 1 aliphatic heterocycles. The monoisotopic (exact) mass is 418 g/mol. The van der Waals surface area contributed by atoms with Crippen LogP contribution in [-0.2, 0) is 0 Å². The lowest BCUT2D eigenvalue weighted by atomic mass is 9.54. The number of ether oxygens (including phenoxy) is 2. The SMILES string of the molecule is CCCOc1ccc([C@@H]2[C@H]3C[NH+](CC)CC=C3[C@H](C#N)C(=N)C2(C#N)C#N)cc1OC. The standard InChI is InChI=1S/C24H27N5O2/c1-4-10-31-20-7-6-16(11-21(20)30-3)22-19-13-29(5-2)9-8-17(19)18(12-25)23(28)24(22,14-26)15-27/h6-8,11,18-19,22,28H,4-5,9-10,13H2,1-3H3/p+1/t18-,19-,22+/m0/s1. The Labute approximate surface area is 183 Å². The molecule has 1 aromatic carbocycles. The number of quaternary nitrogens is 1. The van der Waals surface area contributed by atoms with Gasteiger partial charge < -0.3 is 19.8 Å². The molecule has 1 saturated carbocycles. The van der Waals surface area contributed by atoms with E-state index in [9.17, 15) is 15.8 Å². The third-order valence-corrected chi connectivity index (χ3v) is 6.47. The fourth-order valence-electron chi connectivity index (χ4n) is 4.84. The second-order valence-corrected chi connectivity index (χ2v) is 8.07. The van der Waals surface area contributed by atoms with Crippen LogP contribution in [0.2, 0.25) is 0 Å². The number of nitriles is 3. The zero-order valence-corrected chi connectivity index (χ0v) is 18.2. The summed E-state index contributed by atoms with van der Waals surface area (Å²) in [7, 11) is 1.56. The average molecular weight is 419 g/mol. The Morgan fingerprint density at radius 1 is 1.19 bits per heavy atom. The number of methoxy groups -OCH3 is 1. The van der Waals surface area contributed by atoms with E-state index in [2.05, 4.69) is 25.1 Å². The number of benzene rings is 1. The van der Waals surface area contributed by atoms with Crippen LogP contribution < -0.4 is 14.4 Å². The lowest BCUT2D eigenvalue weighted by Crippen LogP contribution is -3.13. The van der Waals surface area contributed by atoms with Gasteiger partial charge in [0.25, 0.3) is 0 Å². The van der Waals surface area contributed by atoms with Crippen molar-refractivity contribution in [3.63, 3.8) is 0 Å². The van der Waals surface area contributed by atoms with E-state index in [1.165, 1.54) is 4.90 Å². The highest BCUT2D eigenvalue weighted by molar-refractivity contribution is 6.00. The van der Waals surface area contributed by atoms with Crippen molar-refractivity contribution in [2.45, 2.75) is 26.2 Å². The van der Waals surface area contributed by atoms with Crippen LogP contribution in [0.15, 0.2) is 29.8 Å². The number of likely N-dealkylation sites (N-methyl/N-ethyl adjacent to an activating group) is 1. The van der Waals surface area contributed by atoms with E-state index in [0.29, 0.717) is 24.7 Å². The van der Waals surface area contributed by atoms with Gasteiger partial charge in [0.2, 0.25) is 0 Å². The van der Waals surface area contributed by atoms with Crippen LogP contribution in [0.3, 0.4) is 0 Å². The summed E-state index contributed by atoms with van der Waals surface area (Å²) in [6.07, 6.45) is 2.90. The highest BCUT2D eigenvalue weighted by Crippen LogP contribution is 2.53. The topological polar surface area (TPSA) is 118 Å². The van der Waals surface area contributed by atoms with Crippen molar-refractivity contribution in [3.05, 3.63) is 35.4 Å². The van der Waals surface area contributed by atoms with Crippen molar-refractivity contribution in [1.82, 2.24) is 0 Å². The Kier molecular flexibility index (Phi) is 6.64. The van der Waals surface area contributed by atoms with Crippen molar-refractivity contribution < 1.29 is 14.4 Å². The van der Waals surface area contributed by atoms with Crippen LogP contribution in [0, 0.1) is 56.7 Å². The third kappa shape index (κ3) is 3.65. The summed E-state index contributed by atoms with van der Waals surface area (Å²) in [4.78, 5) is 1.32. The summed E-state index contributed by atoms with van der Waals surface area (Å²) in [6.45, 7) is 7.06. The fraction of sp³-hybridized carbons (Fsp3) is 0.500. The van der Waals surface area contributed by atoms with Gasteiger partial charge in [-0.05, 0) is 42.7 Å². The Balaban J connectivity index is 2.19. The molecule has 7 nitrogen and oxygen atoms in total. The van der Waals surface area contributed by atoms with Crippen LogP contribution in [0.25, 0.3) is 0 Å². The van der Waals surface area contributed by atoms with Crippen molar-refractivity contribution >= 4 is 5.71 Å². The Bertz CT molecular complexity index is 996. The first-order chi connectivity index (χ1) is 15.0. The zero-order valence-electron chi connectivity index (χ0n) is 18.2. The molecule has 1 heterocycles. The molecule has 1 unspecified atom stereocenters. The number of hydrogen-bond donors (Lipinski definition) is 2. The van der Waals surface area contributed by atoms with Crippen LogP contribution in [0.5, 0.6) is 11.5 Å². The van der Waals surface area contributed by atoms with Crippen molar-refractivity contribution in [3.8, 4) is 29.7 Å². The Morgan fingerprint density at radius 2 is 1.94 bits per heavy atom. The number of nitrogens with one attached hydrogen (secondary N) is 2. The van der Waals surface area contributed by atoms with E-state index in [4.69, 9.17) is 14.9 Å². The summed E-state index contributed by atoms with van der Waals surface area (Å²) < 4.78 is 11.3. The molecule has 0 bridgehead atoms. The molecule has 3 rings (SSSR count). The van der Waals surface area contributed by atoms with E-state index in [1.54, 1.807) is 13.2 Å². The van der Waals surface area contributed by atoms with Gasteiger partial charge in [-0.1, -0.05) is 13.0 Å². The molecular weight excluding hydrogens is 390 g/mol. The molecule has 1 aromatic rings. The molecule has 2 aliphatic rings. The molecule has 1 fully saturated rings. The maximum Gasteiger partial charge on any atom is 0.189 e. The molecule has 31 heavy (non-hydrogen) atoms. The van der Waals surface area contributed by atoms with Crippen LogP contribution in [0.4, 0.5) is 0 Å². The molecule has 0 saturated heterocycles. The minimum atomic E-state index is -1.71. The molecule has 0 spiro atoms. The van der Waals surface area contributed by atoms with E-state index in [0.717, 1.165) is 30.6 Å². The first-order valence-electron chi connectivity index (χ1n) is 10.7. The van der Waals surface area contributed by atoms with E-state index in [1.807, 2.05) is 25.1 Å². The lowest BCUT2D eigenvalue weighted by Gasteiger charge is -2.46. The van der Waals surface area contributed by atoms with Gasteiger partial charge in [0.05, 0.1) is 57.3 Å². The van der Waals surface area contributed by atoms with Gasteiger partial charge in [0.1, 0.15) is 5.92 Å². The van der Waals surface area contributed by atoms with Gasteiger partial charge in [-0.2, -0.15) is 15.8 Å². The van der Waals surface area contributed by atoms with Crippen molar-refractivity contribution in [2.24, 2.45) is 17.3 Å². The van der Waals surface area contributed by atoms with Crippen LogP contribution in [-0.4, -0.2) is 39.1 Å². The maximum atomic E-state index is 10.2. The molecular formula is C24H28N5O2+. The summed E-state index contributed by atoms with van der Waals surface area (Å²) in [5.41, 5.74) is -0.230. The van der Waals surface area contributed by atoms with Crippen molar-refractivity contribution in [2.75, 3.05) is 33.4 Å². The number of hydrogen-bond acceptors (Lipinski definition) is 6. The number of nitrogens with zero attached hydrogens (tertiary/aromatic N) is 3. The van der Waals surface area contributed by atoms with E-state index < -0.39 is 17.3 Å². The van der Waals surface area contributed by atoms with Gasteiger partial charge in [-0.15, -0.1) is 0 Å². The number of fused-ring (bicyclic) bond motifs is 1. The second kappa shape index (κ2) is 9.21. The fourth-order valence-corrected chi connectivity index (χ4v) is 4.84. The summed E-state index contributed by atoms with van der Waals surface area (Å²) in [5, 5.41) is 38.8. The molecule has 7 heteroatoms. The zero-order chi connectivity index (χ0) is 22.6. The van der Waals surface area contributed by atoms with Crippen molar-refractivity contribution in [1.29, 1.82) is 21.2 Å². The second-order valence-electron chi connectivity index (χ2n) is 8.07. The molecule has 2 N–H and O–H groups in total.